The fourth-order valence-corrected chi connectivity index (χ4v) is 6.51. The summed E-state index contributed by atoms with van der Waals surface area (Å²) >= 11 is 0. The zero-order chi connectivity index (χ0) is 30.6. The number of nitrogens with zero attached hydrogens (tertiary/aromatic N) is 3. The van der Waals surface area contributed by atoms with Gasteiger partial charge in [-0.1, -0.05) is 122 Å². The predicted molar refractivity (Wildman–Crippen MR) is 187 cm³/mol. The van der Waals surface area contributed by atoms with Crippen LogP contribution in [0.15, 0.2) is 149 Å². The molecule has 0 atom stereocenters. The fraction of sp³-hybridized carbons (Fsp3) is 0. The summed E-state index contributed by atoms with van der Waals surface area (Å²) in [5.41, 5.74) is 5.95. The highest BCUT2D eigenvalue weighted by Gasteiger charge is 2.21. The molecule has 0 aliphatic rings. The molecule has 0 N–H and O–H groups in total. The molecule has 0 aliphatic carbocycles. The maximum absolute atomic E-state index is 6.50. The van der Waals surface area contributed by atoms with Crippen LogP contribution in [0.2, 0.25) is 0 Å². The highest BCUT2D eigenvalue weighted by atomic mass is 16.3. The molecule has 46 heavy (non-hydrogen) atoms. The Morgan fingerprint density at radius 3 is 2.15 bits per heavy atom. The molecule has 0 fully saturated rings. The molecule has 0 spiro atoms. The topological polar surface area (TPSA) is 65.0 Å². The van der Waals surface area contributed by atoms with Gasteiger partial charge in [-0.25, -0.2) is 15.0 Å². The first-order valence-electron chi connectivity index (χ1n) is 15.1. The molecule has 3 aromatic heterocycles. The molecule has 0 bridgehead atoms. The van der Waals surface area contributed by atoms with Crippen molar-refractivity contribution in [1.29, 1.82) is 0 Å². The van der Waals surface area contributed by atoms with Crippen molar-refractivity contribution in [2.75, 3.05) is 0 Å². The van der Waals surface area contributed by atoms with Crippen LogP contribution in [0.25, 0.3) is 94.7 Å². The smallest absolute Gasteiger partial charge is 0.164 e. The van der Waals surface area contributed by atoms with Crippen LogP contribution in [0, 0.1) is 0 Å². The minimum absolute atomic E-state index is 0.558. The van der Waals surface area contributed by atoms with Crippen molar-refractivity contribution in [2.45, 2.75) is 0 Å². The lowest BCUT2D eigenvalue weighted by Gasteiger charge is -2.13. The summed E-state index contributed by atoms with van der Waals surface area (Å²) < 4.78 is 12.4. The van der Waals surface area contributed by atoms with Crippen LogP contribution in [-0.4, -0.2) is 15.0 Å². The highest BCUT2D eigenvalue weighted by Crippen LogP contribution is 2.43. The zero-order valence-electron chi connectivity index (χ0n) is 24.6. The van der Waals surface area contributed by atoms with E-state index in [1.807, 2.05) is 72.8 Å². The second-order valence-corrected chi connectivity index (χ2v) is 11.2. The third kappa shape index (κ3) is 4.06. The SMILES string of the molecule is C=C/C=C\c1coc2cccc(-c3nc(-c4ccccc4)nc(-c4cc5oc6ccccc6c5c5c4ccc4ccccc45)n3)c12. The van der Waals surface area contributed by atoms with Gasteiger partial charge in [0.25, 0.3) is 0 Å². The van der Waals surface area contributed by atoms with E-state index in [2.05, 4.69) is 61.2 Å². The monoisotopic (exact) mass is 591 g/mol. The number of rotatable bonds is 5. The van der Waals surface area contributed by atoms with E-state index in [9.17, 15) is 0 Å². The maximum atomic E-state index is 6.50. The van der Waals surface area contributed by atoms with Crippen molar-refractivity contribution >= 4 is 60.5 Å². The highest BCUT2D eigenvalue weighted by molar-refractivity contribution is 6.29. The molecular formula is C41H25N3O2. The van der Waals surface area contributed by atoms with Crippen LogP contribution >= 0.6 is 0 Å². The zero-order valence-corrected chi connectivity index (χ0v) is 24.6. The third-order valence-corrected chi connectivity index (χ3v) is 8.56. The molecular weight excluding hydrogens is 566 g/mol. The van der Waals surface area contributed by atoms with Gasteiger partial charge < -0.3 is 8.83 Å². The minimum atomic E-state index is 0.558. The van der Waals surface area contributed by atoms with E-state index >= 15 is 0 Å². The van der Waals surface area contributed by atoms with Crippen molar-refractivity contribution < 1.29 is 8.83 Å². The van der Waals surface area contributed by atoms with Crippen LogP contribution in [0.3, 0.4) is 0 Å². The van der Waals surface area contributed by atoms with E-state index < -0.39 is 0 Å². The van der Waals surface area contributed by atoms with E-state index in [0.717, 1.165) is 76.7 Å². The van der Waals surface area contributed by atoms with Gasteiger partial charge in [-0.05, 0) is 34.4 Å². The van der Waals surface area contributed by atoms with E-state index in [-0.39, 0.29) is 0 Å². The van der Waals surface area contributed by atoms with Gasteiger partial charge in [-0.3, -0.25) is 0 Å². The average Bonchev–Trinajstić information content (AvgIpc) is 3.71. The number of fused-ring (bicyclic) bond motifs is 8. The Morgan fingerprint density at radius 2 is 1.28 bits per heavy atom. The van der Waals surface area contributed by atoms with Gasteiger partial charge in [0, 0.05) is 43.8 Å². The first-order valence-corrected chi connectivity index (χ1v) is 15.1. The van der Waals surface area contributed by atoms with Gasteiger partial charge in [-0.15, -0.1) is 0 Å². The molecule has 3 heterocycles. The summed E-state index contributed by atoms with van der Waals surface area (Å²) in [5, 5.41) is 7.58. The van der Waals surface area contributed by atoms with Gasteiger partial charge in [0.2, 0.25) is 0 Å². The molecule has 6 aromatic carbocycles. The Labute approximate surface area is 263 Å². The molecule has 0 aliphatic heterocycles. The van der Waals surface area contributed by atoms with Crippen LogP contribution in [0.1, 0.15) is 5.56 Å². The Morgan fingerprint density at radius 1 is 0.543 bits per heavy atom. The summed E-state index contributed by atoms with van der Waals surface area (Å²) in [6, 6.07) is 39.1. The number of benzene rings is 6. The Kier molecular flexibility index (Phi) is 5.90. The van der Waals surface area contributed by atoms with E-state index in [0.29, 0.717) is 17.5 Å². The minimum Gasteiger partial charge on any atom is -0.464 e. The number of aromatic nitrogens is 3. The molecule has 0 saturated heterocycles. The Balaban J connectivity index is 1.40. The Bertz CT molecular complexity index is 2660. The third-order valence-electron chi connectivity index (χ3n) is 8.56. The van der Waals surface area contributed by atoms with E-state index in [1.54, 1.807) is 12.3 Å². The van der Waals surface area contributed by atoms with E-state index in [4.69, 9.17) is 23.8 Å². The summed E-state index contributed by atoms with van der Waals surface area (Å²) in [4.78, 5) is 15.4. The molecule has 216 valence electrons. The van der Waals surface area contributed by atoms with Crippen molar-refractivity contribution in [2.24, 2.45) is 0 Å². The number of allylic oxidation sites excluding steroid dienone is 2. The molecule has 0 radical (unpaired) electrons. The summed E-state index contributed by atoms with van der Waals surface area (Å²) in [5.74, 6) is 1.71. The van der Waals surface area contributed by atoms with Crippen molar-refractivity contribution in [3.05, 3.63) is 146 Å². The number of hydrogen-bond donors (Lipinski definition) is 0. The summed E-state index contributed by atoms with van der Waals surface area (Å²) in [6.07, 6.45) is 7.38. The standard InChI is InChI=1S/C41H25N3O2/c1-2-3-12-27-24-45-34-20-11-18-31(36(27)34)40-42-39(26-14-5-4-6-15-26)43-41(44-40)32-23-35-38(30-17-9-10-19-33(30)46-35)37-28-16-8-7-13-25(28)21-22-29(32)37/h2-24H,1H2/b12-3-. The fourth-order valence-electron chi connectivity index (χ4n) is 6.51. The molecule has 9 aromatic rings. The predicted octanol–water partition coefficient (Wildman–Crippen LogP) is 11.0. The quantitative estimate of drug-likeness (QED) is 0.147. The van der Waals surface area contributed by atoms with Crippen LogP contribution in [0.5, 0.6) is 0 Å². The van der Waals surface area contributed by atoms with Gasteiger partial charge in [0.15, 0.2) is 17.5 Å². The lowest BCUT2D eigenvalue weighted by Crippen LogP contribution is -2.01. The van der Waals surface area contributed by atoms with Gasteiger partial charge in [0.1, 0.15) is 16.7 Å². The van der Waals surface area contributed by atoms with Crippen LogP contribution in [-0.2, 0) is 0 Å². The summed E-state index contributed by atoms with van der Waals surface area (Å²) in [7, 11) is 0. The van der Waals surface area contributed by atoms with Crippen LogP contribution in [0.4, 0.5) is 0 Å². The normalized spacial score (nSPS) is 11.9. The second kappa shape index (κ2) is 10.4. The second-order valence-electron chi connectivity index (χ2n) is 11.2. The maximum Gasteiger partial charge on any atom is 0.164 e. The van der Waals surface area contributed by atoms with Gasteiger partial charge in [-0.2, -0.15) is 0 Å². The lowest BCUT2D eigenvalue weighted by atomic mass is 9.94. The van der Waals surface area contributed by atoms with Crippen LogP contribution < -0.4 is 0 Å². The van der Waals surface area contributed by atoms with Crippen molar-refractivity contribution in [3.63, 3.8) is 0 Å². The lowest BCUT2D eigenvalue weighted by molar-refractivity contribution is 0.615. The van der Waals surface area contributed by atoms with Gasteiger partial charge >= 0.3 is 0 Å². The number of furan rings is 2. The molecule has 5 nitrogen and oxygen atoms in total. The molecule has 9 rings (SSSR count). The van der Waals surface area contributed by atoms with Gasteiger partial charge in [0.05, 0.1) is 6.26 Å². The number of para-hydroxylation sites is 1. The van der Waals surface area contributed by atoms with Crippen molar-refractivity contribution in [3.8, 4) is 34.2 Å². The van der Waals surface area contributed by atoms with Crippen molar-refractivity contribution in [1.82, 2.24) is 15.0 Å². The Hall–Kier alpha value is -6.33. The molecule has 0 amide bonds. The average molecular weight is 592 g/mol. The van der Waals surface area contributed by atoms with E-state index in [1.165, 1.54) is 0 Å². The largest absolute Gasteiger partial charge is 0.464 e. The molecule has 5 heteroatoms. The molecule has 0 saturated carbocycles. The summed E-state index contributed by atoms with van der Waals surface area (Å²) in [6.45, 7) is 3.83. The number of hydrogen-bond acceptors (Lipinski definition) is 5. The molecule has 0 unspecified atom stereocenters. The first-order chi connectivity index (χ1) is 22.8. The first kappa shape index (κ1) is 26.1.